The van der Waals surface area contributed by atoms with E-state index in [-0.39, 0.29) is 0 Å². The molecule has 1 aromatic rings. The van der Waals surface area contributed by atoms with E-state index in [0.29, 0.717) is 0 Å². The Labute approximate surface area is 98.5 Å². The van der Waals surface area contributed by atoms with Crippen LogP contribution in [-0.4, -0.2) is 27.5 Å². The number of rotatable bonds is 3. The highest BCUT2D eigenvalue weighted by molar-refractivity contribution is 5.02. The van der Waals surface area contributed by atoms with Crippen molar-refractivity contribution in [2.75, 3.05) is 13.1 Å². The number of likely N-dealkylation sites (tertiary alicyclic amines) is 1. The van der Waals surface area contributed by atoms with Crippen LogP contribution in [0.4, 0.5) is 0 Å². The third-order valence-corrected chi connectivity index (χ3v) is 3.38. The topological polar surface area (TPSA) is 21.1 Å². The highest BCUT2D eigenvalue weighted by Gasteiger charge is 2.12. The van der Waals surface area contributed by atoms with Crippen molar-refractivity contribution >= 4 is 0 Å². The zero-order valence-corrected chi connectivity index (χ0v) is 10.6. The maximum absolute atomic E-state index is 4.63. The zero-order chi connectivity index (χ0) is 11.4. The van der Waals surface area contributed by atoms with Crippen LogP contribution < -0.4 is 0 Å². The lowest BCUT2D eigenvalue weighted by Crippen LogP contribution is -2.25. The van der Waals surface area contributed by atoms with Crippen molar-refractivity contribution < 1.29 is 0 Å². The Morgan fingerprint density at radius 1 is 1.19 bits per heavy atom. The fraction of sp³-hybridized carbons (Fsp3) is 0.769. The molecule has 0 amide bonds. The van der Waals surface area contributed by atoms with E-state index in [1.807, 2.05) is 0 Å². The van der Waals surface area contributed by atoms with E-state index in [2.05, 4.69) is 34.5 Å². The number of hydrogen-bond donors (Lipinski definition) is 0. The number of nitrogens with zero attached hydrogens (tertiary/aromatic N) is 3. The Bertz CT molecular complexity index is 322. The lowest BCUT2D eigenvalue weighted by molar-refractivity contribution is 0.266. The first-order valence-corrected chi connectivity index (χ1v) is 6.54. The quantitative estimate of drug-likeness (QED) is 0.782. The van der Waals surface area contributed by atoms with E-state index >= 15 is 0 Å². The molecule has 0 unspecified atom stereocenters. The summed E-state index contributed by atoms with van der Waals surface area (Å²) in [4.78, 5) is 7.18. The van der Waals surface area contributed by atoms with Crippen molar-refractivity contribution in [2.45, 2.75) is 52.6 Å². The van der Waals surface area contributed by atoms with Crippen LogP contribution in [0.1, 0.15) is 44.1 Å². The third-order valence-electron chi connectivity index (χ3n) is 3.38. The Hall–Kier alpha value is -0.830. The van der Waals surface area contributed by atoms with Gasteiger partial charge in [0.2, 0.25) is 0 Å². The Morgan fingerprint density at radius 3 is 2.50 bits per heavy atom. The third kappa shape index (κ3) is 2.85. The molecule has 0 atom stereocenters. The van der Waals surface area contributed by atoms with Crippen LogP contribution in [0.3, 0.4) is 0 Å². The lowest BCUT2D eigenvalue weighted by Gasteiger charge is -2.19. The Balaban J connectivity index is 2.01. The first kappa shape index (κ1) is 11.6. The van der Waals surface area contributed by atoms with Crippen molar-refractivity contribution in [1.82, 2.24) is 14.5 Å². The Morgan fingerprint density at radius 2 is 1.88 bits per heavy atom. The van der Waals surface area contributed by atoms with Crippen molar-refractivity contribution in [2.24, 2.45) is 0 Å². The summed E-state index contributed by atoms with van der Waals surface area (Å²) in [6.45, 7) is 8.82. The van der Waals surface area contributed by atoms with Gasteiger partial charge in [0.25, 0.3) is 0 Å². The van der Waals surface area contributed by atoms with Gasteiger partial charge in [0.05, 0.1) is 12.2 Å². The van der Waals surface area contributed by atoms with E-state index in [1.165, 1.54) is 44.6 Å². The Kier molecular flexibility index (Phi) is 3.99. The minimum absolute atomic E-state index is 1.03. The number of hydrogen-bond acceptors (Lipinski definition) is 2. The highest BCUT2D eigenvalue weighted by atomic mass is 15.2. The van der Waals surface area contributed by atoms with Gasteiger partial charge in [0, 0.05) is 12.7 Å². The number of aromatic nitrogens is 2. The van der Waals surface area contributed by atoms with Gasteiger partial charge in [-0.3, -0.25) is 4.90 Å². The molecule has 3 heteroatoms. The summed E-state index contributed by atoms with van der Waals surface area (Å²) in [5.41, 5.74) is 1.15. The van der Waals surface area contributed by atoms with Crippen molar-refractivity contribution in [3.63, 3.8) is 0 Å². The molecule has 0 radical (unpaired) electrons. The summed E-state index contributed by atoms with van der Waals surface area (Å²) in [5.74, 6) is 1.24. The normalized spacial score (nSPS) is 18.6. The van der Waals surface area contributed by atoms with E-state index < -0.39 is 0 Å². The molecule has 1 aromatic heterocycles. The van der Waals surface area contributed by atoms with Crippen LogP contribution in [0.15, 0.2) is 6.20 Å². The van der Waals surface area contributed by atoms with Gasteiger partial charge in [-0.25, -0.2) is 4.98 Å². The van der Waals surface area contributed by atoms with Crippen molar-refractivity contribution in [3.05, 3.63) is 17.7 Å². The van der Waals surface area contributed by atoms with Gasteiger partial charge in [-0.15, -0.1) is 0 Å². The van der Waals surface area contributed by atoms with Crippen LogP contribution >= 0.6 is 0 Å². The fourth-order valence-electron chi connectivity index (χ4n) is 2.49. The summed E-state index contributed by atoms with van der Waals surface area (Å²) in [7, 11) is 0. The second-order valence-corrected chi connectivity index (χ2v) is 4.77. The molecule has 1 aliphatic heterocycles. The molecular weight excluding hydrogens is 198 g/mol. The molecule has 0 saturated carbocycles. The SMILES string of the molecule is CCn1cc(C)nc1CN1CCCCCC1. The molecule has 0 spiro atoms. The second-order valence-electron chi connectivity index (χ2n) is 4.77. The molecule has 2 rings (SSSR count). The van der Waals surface area contributed by atoms with Gasteiger partial charge in [-0.2, -0.15) is 0 Å². The highest BCUT2D eigenvalue weighted by Crippen LogP contribution is 2.13. The molecule has 16 heavy (non-hydrogen) atoms. The summed E-state index contributed by atoms with van der Waals surface area (Å²) < 4.78 is 2.28. The van der Waals surface area contributed by atoms with Gasteiger partial charge in [-0.05, 0) is 39.8 Å². The average molecular weight is 221 g/mol. The molecule has 1 aliphatic rings. The van der Waals surface area contributed by atoms with E-state index in [0.717, 1.165) is 18.8 Å². The minimum Gasteiger partial charge on any atom is -0.334 e. The van der Waals surface area contributed by atoms with Gasteiger partial charge in [0.1, 0.15) is 5.82 Å². The maximum atomic E-state index is 4.63. The van der Waals surface area contributed by atoms with Gasteiger partial charge < -0.3 is 4.57 Å². The van der Waals surface area contributed by atoms with E-state index in [4.69, 9.17) is 0 Å². The average Bonchev–Trinajstić information content (AvgIpc) is 2.49. The smallest absolute Gasteiger partial charge is 0.123 e. The molecule has 1 fully saturated rings. The van der Waals surface area contributed by atoms with Crippen LogP contribution in [0, 0.1) is 6.92 Å². The minimum atomic E-state index is 1.03. The standard InChI is InChI=1S/C13H23N3/c1-3-16-10-12(2)14-13(16)11-15-8-6-4-5-7-9-15/h10H,3-9,11H2,1-2H3. The maximum Gasteiger partial charge on any atom is 0.123 e. The summed E-state index contributed by atoms with van der Waals surface area (Å²) in [5, 5.41) is 0. The summed E-state index contributed by atoms with van der Waals surface area (Å²) in [6, 6.07) is 0. The van der Waals surface area contributed by atoms with Gasteiger partial charge in [-0.1, -0.05) is 12.8 Å². The molecule has 3 nitrogen and oxygen atoms in total. The summed E-state index contributed by atoms with van der Waals surface area (Å²) >= 11 is 0. The van der Waals surface area contributed by atoms with Gasteiger partial charge >= 0.3 is 0 Å². The van der Waals surface area contributed by atoms with Crippen molar-refractivity contribution in [3.8, 4) is 0 Å². The predicted octanol–water partition coefficient (Wildman–Crippen LogP) is 2.59. The first-order chi connectivity index (χ1) is 7.79. The fourth-order valence-corrected chi connectivity index (χ4v) is 2.49. The molecule has 1 saturated heterocycles. The molecule has 0 bridgehead atoms. The van der Waals surface area contributed by atoms with E-state index in [9.17, 15) is 0 Å². The molecule has 0 aromatic carbocycles. The molecule has 90 valence electrons. The number of imidazole rings is 1. The first-order valence-electron chi connectivity index (χ1n) is 6.54. The van der Waals surface area contributed by atoms with E-state index in [1.54, 1.807) is 0 Å². The van der Waals surface area contributed by atoms with Crippen LogP contribution in [-0.2, 0) is 13.1 Å². The van der Waals surface area contributed by atoms with Crippen LogP contribution in [0.5, 0.6) is 0 Å². The van der Waals surface area contributed by atoms with Gasteiger partial charge in [0.15, 0.2) is 0 Å². The molecule has 2 heterocycles. The molecule has 0 N–H and O–H groups in total. The summed E-state index contributed by atoms with van der Waals surface area (Å²) in [6.07, 6.45) is 7.67. The van der Waals surface area contributed by atoms with Crippen molar-refractivity contribution in [1.29, 1.82) is 0 Å². The monoisotopic (exact) mass is 221 g/mol. The molecule has 0 aliphatic carbocycles. The number of aryl methyl sites for hydroxylation is 2. The second kappa shape index (κ2) is 5.48. The van der Waals surface area contributed by atoms with Crippen LogP contribution in [0.2, 0.25) is 0 Å². The predicted molar refractivity (Wildman–Crippen MR) is 66.4 cm³/mol. The lowest BCUT2D eigenvalue weighted by atomic mass is 10.2. The zero-order valence-electron chi connectivity index (χ0n) is 10.6. The molecular formula is C13H23N3. The largest absolute Gasteiger partial charge is 0.334 e. The van der Waals surface area contributed by atoms with Crippen LogP contribution in [0.25, 0.3) is 0 Å².